The molecule has 1 fully saturated rings. The largest absolute Gasteiger partial charge is 0.504 e. The lowest BCUT2D eigenvalue weighted by Crippen LogP contribution is -2.78. The predicted octanol–water partition coefficient (Wildman–Crippen LogP) is 3.28. The van der Waals surface area contributed by atoms with E-state index in [1.807, 2.05) is 7.11 Å². The molecule has 5 nitrogen and oxygen atoms in total. The van der Waals surface area contributed by atoms with E-state index in [1.165, 1.54) is 22.1 Å². The van der Waals surface area contributed by atoms with Crippen LogP contribution in [0.3, 0.4) is 0 Å². The molecule has 0 amide bonds. The Morgan fingerprint density at radius 1 is 1.21 bits per heavy atom. The van der Waals surface area contributed by atoms with Gasteiger partial charge in [-0.2, -0.15) is 0 Å². The van der Waals surface area contributed by atoms with Gasteiger partial charge in [0.25, 0.3) is 0 Å². The fourth-order valence-corrected chi connectivity index (χ4v) is 7.41. The monoisotopic (exact) mass is 388 g/mol. The van der Waals surface area contributed by atoms with E-state index in [1.54, 1.807) is 6.07 Å². The van der Waals surface area contributed by atoms with Crippen LogP contribution in [0.25, 0.3) is 10.9 Å². The zero-order chi connectivity index (χ0) is 19.6. The second-order valence-electron chi connectivity index (χ2n) is 9.24. The average Bonchev–Trinajstić information content (AvgIpc) is 3.22. The number of aromatic hydroxyl groups is 1. The fraction of sp³-hybridized carbons (Fsp3) is 0.417. The normalized spacial score (nSPS) is 35.9. The number of nitrogens with one attached hydrogen (secondary N) is 2. The van der Waals surface area contributed by atoms with Gasteiger partial charge in [-0.1, -0.05) is 24.3 Å². The molecule has 7 rings (SSSR count). The number of aromatic amines is 1. The molecule has 3 heterocycles. The number of para-hydroxylation sites is 1. The Bertz CT molecular complexity index is 1220. The summed E-state index contributed by atoms with van der Waals surface area (Å²) in [6.07, 6.45) is 2.62. The molecule has 2 bridgehead atoms. The van der Waals surface area contributed by atoms with Gasteiger partial charge in [-0.05, 0) is 49.6 Å². The quantitative estimate of drug-likeness (QED) is 0.599. The van der Waals surface area contributed by atoms with E-state index in [9.17, 15) is 5.11 Å². The first-order valence-corrected chi connectivity index (χ1v) is 10.5. The van der Waals surface area contributed by atoms with Crippen LogP contribution in [-0.4, -0.2) is 35.4 Å². The number of ether oxygens (including phenoxy) is 2. The topological polar surface area (TPSA) is 66.5 Å². The molecule has 2 aromatic carbocycles. The molecule has 1 saturated heterocycles. The molecule has 0 saturated carbocycles. The van der Waals surface area contributed by atoms with Crippen molar-refractivity contribution < 1.29 is 14.6 Å². The van der Waals surface area contributed by atoms with Crippen molar-refractivity contribution in [3.8, 4) is 11.5 Å². The summed E-state index contributed by atoms with van der Waals surface area (Å²) in [5.74, 6) is 0.881. The molecule has 2 aliphatic heterocycles. The highest BCUT2D eigenvalue weighted by Crippen LogP contribution is 2.70. The van der Waals surface area contributed by atoms with Crippen molar-refractivity contribution in [3.63, 3.8) is 0 Å². The highest BCUT2D eigenvalue weighted by atomic mass is 16.5. The Hall–Kier alpha value is -2.50. The maximum atomic E-state index is 10.8. The van der Waals surface area contributed by atoms with Crippen molar-refractivity contribution in [1.29, 1.82) is 0 Å². The third kappa shape index (κ3) is 1.48. The number of piperidine rings is 1. The van der Waals surface area contributed by atoms with Crippen LogP contribution in [0.5, 0.6) is 11.5 Å². The van der Waals surface area contributed by atoms with Gasteiger partial charge in [0.15, 0.2) is 17.1 Å². The lowest BCUT2D eigenvalue weighted by Gasteiger charge is -2.64. The Kier molecular flexibility index (Phi) is 2.70. The van der Waals surface area contributed by atoms with Crippen molar-refractivity contribution >= 4 is 10.9 Å². The van der Waals surface area contributed by atoms with Gasteiger partial charge in [-0.15, -0.1) is 0 Å². The van der Waals surface area contributed by atoms with Gasteiger partial charge >= 0.3 is 0 Å². The number of fused-ring (bicyclic) bond motifs is 4. The van der Waals surface area contributed by atoms with Gasteiger partial charge in [0.2, 0.25) is 0 Å². The van der Waals surface area contributed by atoms with Crippen molar-refractivity contribution in [2.75, 3.05) is 13.7 Å². The maximum absolute atomic E-state index is 10.8. The molecule has 0 radical (unpaired) electrons. The number of phenols is 1. The van der Waals surface area contributed by atoms with Gasteiger partial charge in [0.05, 0.1) is 11.1 Å². The number of hydrogen-bond donors (Lipinski definition) is 3. The second kappa shape index (κ2) is 4.79. The van der Waals surface area contributed by atoms with Crippen molar-refractivity contribution in [1.82, 2.24) is 10.3 Å². The van der Waals surface area contributed by atoms with Crippen LogP contribution < -0.4 is 10.1 Å². The van der Waals surface area contributed by atoms with Gasteiger partial charge in [-0.25, -0.2) is 0 Å². The molecule has 2 aliphatic carbocycles. The molecular weight excluding hydrogens is 364 g/mol. The van der Waals surface area contributed by atoms with E-state index in [4.69, 9.17) is 9.47 Å². The fourth-order valence-electron chi connectivity index (χ4n) is 7.41. The number of phenolic OH excluding ortho intramolecular Hbond substituents is 1. The first-order chi connectivity index (χ1) is 14.1. The average molecular weight is 388 g/mol. The molecule has 4 atom stereocenters. The third-order valence-corrected chi connectivity index (χ3v) is 8.46. The number of aromatic nitrogens is 1. The van der Waals surface area contributed by atoms with Crippen molar-refractivity contribution in [2.45, 2.75) is 48.8 Å². The summed E-state index contributed by atoms with van der Waals surface area (Å²) in [4.78, 5) is 3.70. The minimum Gasteiger partial charge on any atom is -0.504 e. The summed E-state index contributed by atoms with van der Waals surface area (Å²) in [6, 6.07) is 12.5. The van der Waals surface area contributed by atoms with E-state index in [2.05, 4.69) is 47.6 Å². The van der Waals surface area contributed by atoms with Crippen LogP contribution in [0.2, 0.25) is 0 Å². The van der Waals surface area contributed by atoms with Gasteiger partial charge in [-0.3, -0.25) is 0 Å². The Morgan fingerprint density at radius 2 is 2.07 bits per heavy atom. The second-order valence-corrected chi connectivity index (χ2v) is 9.24. The molecule has 3 N–H and O–H groups in total. The standard InChI is InChI=1S/C24H24N2O3/c1-22-21-15(14-5-3-4-6-16(14)26-21)12-24(28-2)18-11-13-7-8-17(27)20(29-22)19(13)23(22,24)9-10-25-18/h3-8,18,25-27H,9-12H2,1-2H3/t18-,22?,23+,24?/m1/s1. The zero-order valence-corrected chi connectivity index (χ0v) is 16.6. The van der Waals surface area contributed by atoms with E-state index >= 15 is 0 Å². The van der Waals surface area contributed by atoms with Crippen molar-refractivity contribution in [2.24, 2.45) is 0 Å². The molecule has 2 unspecified atom stereocenters. The third-order valence-electron chi connectivity index (χ3n) is 8.46. The first kappa shape index (κ1) is 16.3. The Balaban J connectivity index is 1.67. The van der Waals surface area contributed by atoms with E-state index in [0.717, 1.165) is 37.0 Å². The SMILES string of the molecule is COC12Cc3c([nH]c4ccccc34)C3(C)Oc4c(O)ccc5c4[C@@]31CCN[C@@H]2C5. The summed E-state index contributed by atoms with van der Waals surface area (Å²) in [7, 11) is 1.85. The molecule has 148 valence electrons. The number of H-pyrrole nitrogens is 1. The number of hydrogen-bond acceptors (Lipinski definition) is 4. The summed E-state index contributed by atoms with van der Waals surface area (Å²) in [6.45, 7) is 3.11. The van der Waals surface area contributed by atoms with Gasteiger partial charge in [0, 0.05) is 36.0 Å². The number of benzene rings is 2. The van der Waals surface area contributed by atoms with Crippen molar-refractivity contribution in [3.05, 3.63) is 58.8 Å². The molecule has 1 aromatic heterocycles. The van der Waals surface area contributed by atoms with Gasteiger partial charge in [0.1, 0.15) is 5.60 Å². The summed E-state index contributed by atoms with van der Waals surface area (Å²) in [5, 5.41) is 15.8. The first-order valence-electron chi connectivity index (χ1n) is 10.5. The summed E-state index contributed by atoms with van der Waals surface area (Å²) in [5.41, 5.74) is 4.58. The summed E-state index contributed by atoms with van der Waals surface area (Å²) >= 11 is 0. The van der Waals surface area contributed by atoms with Crippen LogP contribution in [0.1, 0.15) is 35.7 Å². The smallest absolute Gasteiger partial charge is 0.166 e. The minimum atomic E-state index is -0.633. The number of rotatable bonds is 1. The van der Waals surface area contributed by atoms with E-state index < -0.39 is 11.2 Å². The molecule has 29 heavy (non-hydrogen) atoms. The lowest BCUT2D eigenvalue weighted by molar-refractivity contribution is -0.185. The molecule has 1 spiro atoms. The van der Waals surface area contributed by atoms with Crippen LogP contribution in [0.4, 0.5) is 0 Å². The summed E-state index contributed by atoms with van der Waals surface area (Å²) < 4.78 is 13.3. The van der Waals surface area contributed by atoms with Gasteiger partial charge < -0.3 is 24.9 Å². The van der Waals surface area contributed by atoms with E-state index in [0.29, 0.717) is 5.75 Å². The predicted molar refractivity (Wildman–Crippen MR) is 110 cm³/mol. The maximum Gasteiger partial charge on any atom is 0.166 e. The number of methoxy groups -OCH3 is 1. The highest BCUT2D eigenvalue weighted by Gasteiger charge is 2.77. The Labute approximate surface area is 169 Å². The van der Waals surface area contributed by atoms with Crippen LogP contribution in [0.15, 0.2) is 36.4 Å². The van der Waals surface area contributed by atoms with Crippen LogP contribution in [-0.2, 0) is 28.6 Å². The highest BCUT2D eigenvalue weighted by molar-refractivity contribution is 5.86. The molecule has 3 aromatic rings. The van der Waals surface area contributed by atoms with Crippen LogP contribution >= 0.6 is 0 Å². The van der Waals surface area contributed by atoms with E-state index in [-0.39, 0.29) is 17.2 Å². The minimum absolute atomic E-state index is 0.203. The van der Waals surface area contributed by atoms with Crippen LogP contribution in [0, 0.1) is 0 Å². The molecular formula is C24H24N2O3. The Morgan fingerprint density at radius 3 is 2.93 bits per heavy atom. The zero-order valence-electron chi connectivity index (χ0n) is 16.6. The lowest BCUT2D eigenvalue weighted by atomic mass is 9.45. The molecule has 5 heteroatoms. The molecule has 4 aliphatic rings.